The van der Waals surface area contributed by atoms with Gasteiger partial charge in [-0.25, -0.2) is 8.78 Å². The topological polar surface area (TPSA) is 12.0 Å². The molecule has 0 unspecified atom stereocenters. The third-order valence-corrected chi connectivity index (χ3v) is 4.18. The molecule has 0 aromatic heterocycles. The summed E-state index contributed by atoms with van der Waals surface area (Å²) in [7, 11) is 0. The van der Waals surface area contributed by atoms with Crippen molar-refractivity contribution in [2.24, 2.45) is 5.92 Å². The van der Waals surface area contributed by atoms with Crippen molar-refractivity contribution in [3.8, 4) is 0 Å². The molecule has 1 aliphatic carbocycles. The summed E-state index contributed by atoms with van der Waals surface area (Å²) in [6.07, 6.45) is 6.86. The molecule has 1 nitrogen and oxygen atoms in total. The molecule has 0 aliphatic heterocycles. The number of aryl methyl sites for hydroxylation is 1. The van der Waals surface area contributed by atoms with Crippen LogP contribution >= 0.6 is 0 Å². The molecule has 106 valence electrons. The Morgan fingerprint density at radius 2 is 1.84 bits per heavy atom. The summed E-state index contributed by atoms with van der Waals surface area (Å²) in [5.41, 5.74) is 0.544. The van der Waals surface area contributed by atoms with E-state index in [0.29, 0.717) is 5.56 Å². The molecule has 0 atom stereocenters. The molecule has 19 heavy (non-hydrogen) atoms. The smallest absolute Gasteiger partial charge is 0.152 e. The predicted molar refractivity (Wildman–Crippen MR) is 75.4 cm³/mol. The molecular formula is C16H23F2N. The van der Waals surface area contributed by atoms with E-state index in [0.717, 1.165) is 18.8 Å². The molecule has 0 amide bonds. The molecule has 0 bridgehead atoms. The van der Waals surface area contributed by atoms with Crippen LogP contribution < -0.4 is 5.32 Å². The van der Waals surface area contributed by atoms with Gasteiger partial charge in [0, 0.05) is 6.04 Å². The Morgan fingerprint density at radius 1 is 1.16 bits per heavy atom. The third kappa shape index (κ3) is 3.46. The van der Waals surface area contributed by atoms with Gasteiger partial charge in [0.05, 0.1) is 0 Å². The SMILES string of the molecule is CCCC1CCC(Nc2c(F)ccc(C)c2F)CC1. The minimum absolute atomic E-state index is 0.0546. The highest BCUT2D eigenvalue weighted by Gasteiger charge is 2.22. The highest BCUT2D eigenvalue weighted by atomic mass is 19.1. The third-order valence-electron chi connectivity index (χ3n) is 4.18. The summed E-state index contributed by atoms with van der Waals surface area (Å²) in [6, 6.07) is 3.02. The highest BCUT2D eigenvalue weighted by Crippen LogP contribution is 2.31. The zero-order valence-corrected chi connectivity index (χ0v) is 11.8. The molecule has 1 fully saturated rings. The molecule has 0 radical (unpaired) electrons. The first-order valence-corrected chi connectivity index (χ1v) is 7.33. The average molecular weight is 267 g/mol. The lowest BCUT2D eigenvalue weighted by Crippen LogP contribution is -2.27. The Labute approximate surface area is 114 Å². The number of nitrogens with one attached hydrogen (secondary N) is 1. The van der Waals surface area contributed by atoms with Crippen molar-refractivity contribution in [2.75, 3.05) is 5.32 Å². The van der Waals surface area contributed by atoms with E-state index in [1.807, 2.05) is 0 Å². The second kappa shape index (κ2) is 6.36. The zero-order chi connectivity index (χ0) is 13.8. The lowest BCUT2D eigenvalue weighted by molar-refractivity contribution is 0.318. The van der Waals surface area contributed by atoms with E-state index in [9.17, 15) is 8.78 Å². The summed E-state index contributed by atoms with van der Waals surface area (Å²) in [6.45, 7) is 3.87. The van der Waals surface area contributed by atoms with Gasteiger partial charge in [-0.2, -0.15) is 0 Å². The van der Waals surface area contributed by atoms with Crippen LogP contribution in [0.25, 0.3) is 0 Å². The van der Waals surface area contributed by atoms with Crippen molar-refractivity contribution < 1.29 is 8.78 Å². The average Bonchev–Trinajstić information content (AvgIpc) is 2.41. The zero-order valence-electron chi connectivity index (χ0n) is 11.8. The van der Waals surface area contributed by atoms with Crippen LogP contribution in [-0.4, -0.2) is 6.04 Å². The minimum Gasteiger partial charge on any atom is -0.378 e. The number of anilines is 1. The molecular weight excluding hydrogens is 244 g/mol. The number of benzene rings is 1. The first-order chi connectivity index (χ1) is 9.11. The number of halogens is 2. The number of rotatable bonds is 4. The Balaban J connectivity index is 1.98. The van der Waals surface area contributed by atoms with E-state index < -0.39 is 11.6 Å². The first-order valence-electron chi connectivity index (χ1n) is 7.33. The van der Waals surface area contributed by atoms with Crippen LogP contribution in [0.3, 0.4) is 0 Å². The highest BCUT2D eigenvalue weighted by molar-refractivity contribution is 5.49. The number of hydrogen-bond acceptors (Lipinski definition) is 1. The normalized spacial score (nSPS) is 23.4. The Kier molecular flexibility index (Phi) is 4.78. The van der Waals surface area contributed by atoms with E-state index in [4.69, 9.17) is 0 Å². The lowest BCUT2D eigenvalue weighted by Gasteiger charge is -2.30. The minimum atomic E-state index is -0.487. The summed E-state index contributed by atoms with van der Waals surface area (Å²) >= 11 is 0. The maximum absolute atomic E-state index is 13.9. The molecule has 1 N–H and O–H groups in total. The lowest BCUT2D eigenvalue weighted by atomic mass is 9.83. The van der Waals surface area contributed by atoms with Gasteiger partial charge in [0.1, 0.15) is 11.5 Å². The van der Waals surface area contributed by atoms with Crippen LogP contribution in [0, 0.1) is 24.5 Å². The second-order valence-electron chi connectivity index (χ2n) is 5.70. The van der Waals surface area contributed by atoms with E-state index in [2.05, 4.69) is 12.2 Å². The molecule has 1 aliphatic rings. The van der Waals surface area contributed by atoms with Crippen molar-refractivity contribution in [3.05, 3.63) is 29.3 Å². The molecule has 1 aromatic carbocycles. The summed E-state index contributed by atoms with van der Waals surface area (Å²) in [4.78, 5) is 0. The molecule has 1 saturated carbocycles. The Hall–Kier alpha value is -1.12. The van der Waals surface area contributed by atoms with E-state index in [-0.39, 0.29) is 11.7 Å². The van der Waals surface area contributed by atoms with Crippen LogP contribution in [0.4, 0.5) is 14.5 Å². The fourth-order valence-electron chi connectivity index (χ4n) is 3.00. The largest absolute Gasteiger partial charge is 0.378 e. The van der Waals surface area contributed by atoms with Gasteiger partial charge in [-0.05, 0) is 50.2 Å². The van der Waals surface area contributed by atoms with Gasteiger partial charge in [-0.1, -0.05) is 25.8 Å². The molecule has 0 saturated heterocycles. The quantitative estimate of drug-likeness (QED) is 0.805. The molecule has 1 aromatic rings. The van der Waals surface area contributed by atoms with Gasteiger partial charge >= 0.3 is 0 Å². The van der Waals surface area contributed by atoms with Gasteiger partial charge in [0.25, 0.3) is 0 Å². The summed E-state index contributed by atoms with van der Waals surface area (Å²) in [5.74, 6) is -0.135. The Bertz CT molecular complexity index is 423. The van der Waals surface area contributed by atoms with Crippen LogP contribution in [-0.2, 0) is 0 Å². The van der Waals surface area contributed by atoms with Crippen LogP contribution in [0.15, 0.2) is 12.1 Å². The molecule has 0 spiro atoms. The summed E-state index contributed by atoms with van der Waals surface area (Å²) in [5, 5.41) is 3.07. The van der Waals surface area contributed by atoms with Crippen molar-refractivity contribution in [3.63, 3.8) is 0 Å². The van der Waals surface area contributed by atoms with Crippen molar-refractivity contribution >= 4 is 5.69 Å². The van der Waals surface area contributed by atoms with Gasteiger partial charge in [-0.3, -0.25) is 0 Å². The van der Waals surface area contributed by atoms with E-state index in [1.54, 1.807) is 6.92 Å². The van der Waals surface area contributed by atoms with Gasteiger partial charge < -0.3 is 5.32 Å². The van der Waals surface area contributed by atoms with Crippen molar-refractivity contribution in [1.29, 1.82) is 0 Å². The predicted octanol–water partition coefficient (Wildman–Crippen LogP) is 5.04. The van der Waals surface area contributed by atoms with Gasteiger partial charge in [-0.15, -0.1) is 0 Å². The fraction of sp³-hybridized carbons (Fsp3) is 0.625. The van der Waals surface area contributed by atoms with Crippen molar-refractivity contribution in [2.45, 2.75) is 58.4 Å². The maximum Gasteiger partial charge on any atom is 0.152 e. The van der Waals surface area contributed by atoms with Crippen LogP contribution in [0.2, 0.25) is 0 Å². The van der Waals surface area contributed by atoms with E-state index in [1.165, 1.54) is 37.8 Å². The van der Waals surface area contributed by atoms with Crippen LogP contribution in [0.5, 0.6) is 0 Å². The molecule has 3 heteroatoms. The fourth-order valence-corrected chi connectivity index (χ4v) is 3.00. The monoisotopic (exact) mass is 267 g/mol. The summed E-state index contributed by atoms with van der Waals surface area (Å²) < 4.78 is 27.6. The standard InChI is InChI=1S/C16H23F2N/c1-3-4-12-6-8-13(9-7-12)19-16-14(17)10-5-11(2)15(16)18/h5,10,12-13,19H,3-4,6-9H2,1-2H3. The van der Waals surface area contributed by atoms with E-state index >= 15 is 0 Å². The first kappa shape index (κ1) is 14.3. The molecule has 0 heterocycles. The maximum atomic E-state index is 13.9. The Morgan fingerprint density at radius 3 is 2.47 bits per heavy atom. The molecule has 2 rings (SSSR count). The van der Waals surface area contributed by atoms with Gasteiger partial charge in [0.15, 0.2) is 5.82 Å². The van der Waals surface area contributed by atoms with Gasteiger partial charge in [0.2, 0.25) is 0 Å². The van der Waals surface area contributed by atoms with Crippen molar-refractivity contribution in [1.82, 2.24) is 0 Å². The number of hydrogen-bond donors (Lipinski definition) is 1. The second-order valence-corrected chi connectivity index (χ2v) is 5.70. The van der Waals surface area contributed by atoms with Crippen LogP contribution in [0.1, 0.15) is 51.0 Å².